The Morgan fingerprint density at radius 1 is 1.11 bits per heavy atom. The third-order valence-electron chi connectivity index (χ3n) is 9.00. The molecule has 4 aromatic rings. The van der Waals surface area contributed by atoms with Crippen molar-refractivity contribution in [3.05, 3.63) is 77.6 Å². The number of sulfonamides is 1. The summed E-state index contributed by atoms with van der Waals surface area (Å²) in [6.45, 7) is 0.739. The summed E-state index contributed by atoms with van der Waals surface area (Å²) in [5.41, 5.74) is 12.0. The highest BCUT2D eigenvalue weighted by Crippen LogP contribution is 2.39. The lowest BCUT2D eigenvalue weighted by atomic mass is 9.82. The number of nitrogens with zero attached hydrogens (tertiary/aromatic N) is 2. The maximum atomic E-state index is 14.6. The summed E-state index contributed by atoms with van der Waals surface area (Å²) in [6.07, 6.45) is 8.45. The molecule has 1 aliphatic carbocycles. The molecule has 1 saturated carbocycles. The molecular weight excluding hydrogens is 583 g/mol. The molecule has 1 amide bonds. The number of hydrogen-bond donors (Lipinski definition) is 6. The van der Waals surface area contributed by atoms with Crippen molar-refractivity contribution in [2.24, 2.45) is 11.8 Å². The molecule has 230 valence electrons. The van der Waals surface area contributed by atoms with Gasteiger partial charge in [-0.1, -0.05) is 18.6 Å². The molecule has 3 fully saturated rings. The molecule has 2 saturated heterocycles. The number of carbonyl (C=O) groups is 1. The molecule has 13 heteroatoms. The maximum Gasteiger partial charge on any atom is 0.227 e. The first kappa shape index (κ1) is 29.0. The number of hydrogen-bond acceptors (Lipinski definition) is 8. The van der Waals surface area contributed by atoms with E-state index in [-0.39, 0.29) is 42.4 Å². The van der Waals surface area contributed by atoms with Gasteiger partial charge in [0.05, 0.1) is 35.2 Å². The van der Waals surface area contributed by atoms with Crippen LogP contribution in [-0.2, 0) is 21.4 Å². The van der Waals surface area contributed by atoms with Crippen LogP contribution >= 0.6 is 0 Å². The van der Waals surface area contributed by atoms with Crippen molar-refractivity contribution in [2.45, 2.75) is 50.4 Å². The lowest BCUT2D eigenvalue weighted by Crippen LogP contribution is -2.46. The number of hydrazine groups is 1. The Kier molecular flexibility index (Phi) is 7.67. The molecule has 4 unspecified atom stereocenters. The molecule has 4 heterocycles. The molecule has 0 radical (unpaired) electrons. The molecular formula is C31H35FN8O3S. The fraction of sp³-hybridized carbons (Fsp3) is 0.387. The van der Waals surface area contributed by atoms with Crippen LogP contribution in [0.15, 0.2) is 54.9 Å². The summed E-state index contributed by atoms with van der Waals surface area (Å²) in [4.78, 5) is 25.4. The predicted octanol–water partition coefficient (Wildman–Crippen LogP) is 3.42. The van der Waals surface area contributed by atoms with Gasteiger partial charge in [-0.25, -0.2) is 27.9 Å². The van der Waals surface area contributed by atoms with Crippen LogP contribution in [0.5, 0.6) is 0 Å². The van der Waals surface area contributed by atoms with Crippen molar-refractivity contribution in [2.75, 3.05) is 18.1 Å². The van der Waals surface area contributed by atoms with E-state index in [2.05, 4.69) is 36.2 Å². The van der Waals surface area contributed by atoms with Crippen LogP contribution in [0.1, 0.15) is 54.7 Å². The predicted molar refractivity (Wildman–Crippen MR) is 165 cm³/mol. The van der Waals surface area contributed by atoms with Gasteiger partial charge in [-0.2, -0.15) is 0 Å². The topological polar surface area (TPSA) is 153 Å². The fourth-order valence-corrected chi connectivity index (χ4v) is 6.91. The number of carbonyl (C=O) groups excluding carboxylic acids is 1. The number of H-pyrrole nitrogens is 1. The van der Waals surface area contributed by atoms with Crippen LogP contribution in [0.25, 0.3) is 22.2 Å². The number of imidazole rings is 1. The summed E-state index contributed by atoms with van der Waals surface area (Å²) in [6, 6.07) is 12.4. The molecule has 7 rings (SSSR count). The average molecular weight is 619 g/mol. The number of fused-ring (bicyclic) bond motifs is 2. The monoisotopic (exact) mass is 618 g/mol. The first-order valence-corrected chi connectivity index (χ1v) is 16.8. The van der Waals surface area contributed by atoms with Gasteiger partial charge >= 0.3 is 0 Å². The largest absolute Gasteiger partial charge is 0.341 e. The van der Waals surface area contributed by atoms with Crippen molar-refractivity contribution in [3.8, 4) is 11.1 Å². The lowest BCUT2D eigenvalue weighted by Gasteiger charge is -2.34. The van der Waals surface area contributed by atoms with Crippen LogP contribution in [0.3, 0.4) is 0 Å². The number of amides is 1. The van der Waals surface area contributed by atoms with Gasteiger partial charge in [-0.05, 0) is 66.3 Å². The normalized spacial score (nSPS) is 23.8. The number of halogens is 1. The highest BCUT2D eigenvalue weighted by molar-refractivity contribution is 7.88. The van der Waals surface area contributed by atoms with Crippen LogP contribution in [-0.4, -0.2) is 48.1 Å². The van der Waals surface area contributed by atoms with E-state index < -0.39 is 15.8 Å². The Morgan fingerprint density at radius 2 is 1.98 bits per heavy atom. The van der Waals surface area contributed by atoms with Gasteiger partial charge < -0.3 is 15.6 Å². The van der Waals surface area contributed by atoms with Crippen LogP contribution in [0, 0.1) is 17.7 Å². The molecule has 11 nitrogen and oxygen atoms in total. The number of rotatable bonds is 8. The van der Waals surface area contributed by atoms with E-state index in [1.165, 1.54) is 12.1 Å². The van der Waals surface area contributed by atoms with Gasteiger partial charge in [0, 0.05) is 48.8 Å². The number of para-hydroxylation sites is 1. The molecule has 2 aromatic heterocycles. The van der Waals surface area contributed by atoms with Gasteiger partial charge in [0.2, 0.25) is 15.9 Å². The molecule has 4 atom stereocenters. The van der Waals surface area contributed by atoms with Crippen molar-refractivity contribution in [1.29, 1.82) is 0 Å². The number of piperidine rings is 1. The van der Waals surface area contributed by atoms with Crippen molar-refractivity contribution in [1.82, 2.24) is 35.8 Å². The van der Waals surface area contributed by atoms with Crippen LogP contribution < -0.4 is 26.2 Å². The SMILES string of the molecule is CS(=O)(=O)NCc1cc(F)cc(-c2cccc3[nH]c(C4NNC5CNC(c6cncc(NC(=O)C7CCC7)c6)CC54)nc23)c1. The molecule has 6 N–H and O–H groups in total. The number of aromatic amines is 1. The number of benzene rings is 2. The van der Waals surface area contributed by atoms with E-state index >= 15 is 0 Å². The number of anilines is 1. The minimum absolute atomic E-state index is 0.00731. The Labute approximate surface area is 254 Å². The summed E-state index contributed by atoms with van der Waals surface area (Å²) < 4.78 is 40.2. The van der Waals surface area contributed by atoms with Crippen LogP contribution in [0.4, 0.5) is 10.1 Å². The zero-order valence-electron chi connectivity index (χ0n) is 24.2. The zero-order valence-corrected chi connectivity index (χ0v) is 25.0. The average Bonchev–Trinajstić information content (AvgIpc) is 3.58. The van der Waals surface area contributed by atoms with Crippen molar-refractivity contribution >= 4 is 32.7 Å². The second kappa shape index (κ2) is 11.6. The number of nitrogens with one attached hydrogen (secondary N) is 6. The summed E-state index contributed by atoms with van der Waals surface area (Å²) >= 11 is 0. The van der Waals surface area contributed by atoms with Crippen molar-refractivity contribution in [3.63, 3.8) is 0 Å². The minimum Gasteiger partial charge on any atom is -0.341 e. The first-order valence-electron chi connectivity index (χ1n) is 14.9. The fourth-order valence-electron chi connectivity index (χ4n) is 6.48. The standard InChI is InChI=1S/C31H35FN8O3S/c1-44(42,43)35-13-17-8-19(10-21(32)9-17)23-6-3-7-25-28(23)38-30(37-25)29-24-12-26(34-16-27(24)39-40-29)20-11-22(15-33-14-20)36-31(41)18-4-2-5-18/h3,6-11,14-15,18,24,26-27,29,34-35,39-40H,2,4-5,12-13,16H2,1H3,(H,36,41)(H,37,38). The van der Waals surface area contributed by atoms with E-state index in [1.807, 2.05) is 30.5 Å². The van der Waals surface area contributed by atoms with E-state index in [4.69, 9.17) is 4.98 Å². The van der Waals surface area contributed by atoms with Gasteiger partial charge in [0.1, 0.15) is 11.6 Å². The van der Waals surface area contributed by atoms with E-state index in [0.717, 1.165) is 66.6 Å². The van der Waals surface area contributed by atoms with Gasteiger partial charge in [-0.3, -0.25) is 15.2 Å². The molecule has 2 aromatic carbocycles. The third-order valence-corrected chi connectivity index (χ3v) is 9.67. The van der Waals surface area contributed by atoms with Crippen LogP contribution in [0.2, 0.25) is 0 Å². The second-order valence-corrected chi connectivity index (χ2v) is 14.0. The highest BCUT2D eigenvalue weighted by Gasteiger charge is 2.42. The molecule has 3 aliphatic rings. The molecule has 0 spiro atoms. The molecule has 2 aliphatic heterocycles. The molecule has 44 heavy (non-hydrogen) atoms. The Hall–Kier alpha value is -3.75. The summed E-state index contributed by atoms with van der Waals surface area (Å²) in [5, 5.41) is 6.66. The Balaban J connectivity index is 1.12. The quantitative estimate of drug-likeness (QED) is 0.176. The van der Waals surface area contributed by atoms with E-state index in [1.54, 1.807) is 12.3 Å². The third kappa shape index (κ3) is 5.97. The Morgan fingerprint density at radius 3 is 2.77 bits per heavy atom. The Bertz CT molecular complexity index is 1830. The number of pyridine rings is 1. The first-order chi connectivity index (χ1) is 21.2. The zero-order chi connectivity index (χ0) is 30.4. The van der Waals surface area contributed by atoms with E-state index in [9.17, 15) is 17.6 Å². The minimum atomic E-state index is -3.42. The summed E-state index contributed by atoms with van der Waals surface area (Å²) in [7, 11) is -3.42. The van der Waals surface area contributed by atoms with Gasteiger partial charge in [0.15, 0.2) is 0 Å². The highest BCUT2D eigenvalue weighted by atomic mass is 32.2. The molecule has 0 bridgehead atoms. The smallest absolute Gasteiger partial charge is 0.227 e. The lowest BCUT2D eigenvalue weighted by molar-refractivity contribution is -0.122. The van der Waals surface area contributed by atoms with Gasteiger partial charge in [0.25, 0.3) is 0 Å². The number of aromatic nitrogens is 3. The van der Waals surface area contributed by atoms with Crippen molar-refractivity contribution < 1.29 is 17.6 Å². The van der Waals surface area contributed by atoms with Gasteiger partial charge in [-0.15, -0.1) is 0 Å². The van der Waals surface area contributed by atoms with E-state index in [0.29, 0.717) is 16.6 Å². The summed E-state index contributed by atoms with van der Waals surface area (Å²) in [5.74, 6) is 0.713. The second-order valence-electron chi connectivity index (χ2n) is 12.1. The maximum absolute atomic E-state index is 14.6.